The summed E-state index contributed by atoms with van der Waals surface area (Å²) < 4.78 is 0. The van der Waals surface area contributed by atoms with Crippen molar-refractivity contribution in [1.29, 1.82) is 0 Å². The molecule has 1 aromatic rings. The number of aliphatic carboxylic acids is 1. The number of benzene rings is 1. The van der Waals surface area contributed by atoms with Crippen molar-refractivity contribution in [2.75, 3.05) is 0 Å². The number of carbonyl (C=O) groups excluding carboxylic acids is 1. The average molecular weight is 315 g/mol. The number of hydrogen-bond donors (Lipinski definition) is 3. The number of nitrogens with one attached hydrogen (secondary N) is 1. The molecule has 0 aliphatic carbocycles. The molecule has 1 amide bonds. The van der Waals surface area contributed by atoms with E-state index in [2.05, 4.69) is 5.32 Å². The van der Waals surface area contributed by atoms with Crippen molar-refractivity contribution in [3.63, 3.8) is 0 Å². The van der Waals surface area contributed by atoms with Crippen LogP contribution >= 0.6 is 12.4 Å². The highest BCUT2D eigenvalue weighted by Crippen LogP contribution is 2.06. The molecule has 0 fully saturated rings. The first-order chi connectivity index (χ1) is 9.40. The summed E-state index contributed by atoms with van der Waals surface area (Å²) >= 11 is 0. The Morgan fingerprint density at radius 3 is 2.29 bits per heavy atom. The molecule has 5 nitrogen and oxygen atoms in total. The average Bonchev–Trinajstić information content (AvgIpc) is 2.38. The van der Waals surface area contributed by atoms with Gasteiger partial charge in [0, 0.05) is 0 Å². The first-order valence-electron chi connectivity index (χ1n) is 6.72. The van der Waals surface area contributed by atoms with Crippen LogP contribution in [-0.2, 0) is 16.0 Å². The molecule has 0 radical (unpaired) electrons. The molecule has 1 rings (SSSR count). The minimum absolute atomic E-state index is 0. The molecule has 0 saturated heterocycles. The van der Waals surface area contributed by atoms with Gasteiger partial charge in [-0.05, 0) is 24.3 Å². The standard InChI is InChI=1S/C15H22N2O3.ClH/c1-10(2)8-13(15(19)20)17-14(18)12(16)9-11-6-4-3-5-7-11;/h3-7,10,12-13H,8-9,16H2,1-2H3,(H,17,18)(H,19,20);1H/t12-,13-;/m1./s1. The molecular formula is C15H23ClN2O3. The maximum absolute atomic E-state index is 11.9. The van der Waals surface area contributed by atoms with Crippen LogP contribution in [-0.4, -0.2) is 29.1 Å². The van der Waals surface area contributed by atoms with E-state index in [1.807, 2.05) is 44.2 Å². The number of carbonyl (C=O) groups is 2. The normalized spacial score (nSPS) is 13.1. The summed E-state index contributed by atoms with van der Waals surface area (Å²) in [4.78, 5) is 23.0. The molecule has 4 N–H and O–H groups in total. The van der Waals surface area contributed by atoms with E-state index in [0.29, 0.717) is 12.8 Å². The highest BCUT2D eigenvalue weighted by Gasteiger charge is 2.24. The molecule has 0 heterocycles. The number of rotatable bonds is 7. The third-order valence-electron chi connectivity index (χ3n) is 2.96. The molecular weight excluding hydrogens is 292 g/mol. The van der Waals surface area contributed by atoms with E-state index in [4.69, 9.17) is 10.8 Å². The van der Waals surface area contributed by atoms with E-state index in [1.54, 1.807) is 0 Å². The van der Waals surface area contributed by atoms with E-state index in [9.17, 15) is 9.59 Å². The molecule has 0 aromatic heterocycles. The molecule has 0 saturated carbocycles. The van der Waals surface area contributed by atoms with Crippen molar-refractivity contribution in [3.8, 4) is 0 Å². The summed E-state index contributed by atoms with van der Waals surface area (Å²) in [7, 11) is 0. The topological polar surface area (TPSA) is 92.4 Å². The molecule has 1 aromatic carbocycles. The van der Waals surface area contributed by atoms with Crippen LogP contribution in [0.5, 0.6) is 0 Å². The van der Waals surface area contributed by atoms with E-state index >= 15 is 0 Å². The van der Waals surface area contributed by atoms with E-state index in [0.717, 1.165) is 5.56 Å². The molecule has 0 spiro atoms. The Hall–Kier alpha value is -1.59. The van der Waals surface area contributed by atoms with Crippen molar-refractivity contribution in [1.82, 2.24) is 5.32 Å². The molecule has 0 aliphatic heterocycles. The van der Waals surface area contributed by atoms with Crippen LogP contribution in [0.15, 0.2) is 30.3 Å². The summed E-state index contributed by atoms with van der Waals surface area (Å²) in [5, 5.41) is 11.6. The van der Waals surface area contributed by atoms with Gasteiger partial charge in [-0.2, -0.15) is 0 Å². The Morgan fingerprint density at radius 2 is 1.81 bits per heavy atom. The largest absolute Gasteiger partial charge is 0.480 e. The second kappa shape index (κ2) is 9.37. The summed E-state index contributed by atoms with van der Waals surface area (Å²) in [5.41, 5.74) is 6.77. The number of carboxylic acid groups (broad SMARTS) is 1. The Balaban J connectivity index is 0.00000400. The minimum atomic E-state index is -1.03. The first kappa shape index (κ1) is 19.4. The number of nitrogens with two attached hydrogens (primary N) is 1. The van der Waals surface area contributed by atoms with Gasteiger partial charge >= 0.3 is 5.97 Å². The maximum Gasteiger partial charge on any atom is 0.326 e. The summed E-state index contributed by atoms with van der Waals surface area (Å²) in [6.45, 7) is 3.82. The zero-order valence-electron chi connectivity index (χ0n) is 12.3. The van der Waals surface area contributed by atoms with E-state index in [-0.39, 0.29) is 18.3 Å². The van der Waals surface area contributed by atoms with Crippen LogP contribution in [0.1, 0.15) is 25.8 Å². The van der Waals surface area contributed by atoms with Crippen molar-refractivity contribution < 1.29 is 14.7 Å². The lowest BCUT2D eigenvalue weighted by Crippen LogP contribution is -2.49. The molecule has 118 valence electrons. The van der Waals surface area contributed by atoms with Gasteiger partial charge in [-0.3, -0.25) is 4.79 Å². The Bertz CT molecular complexity index is 451. The highest BCUT2D eigenvalue weighted by molar-refractivity contribution is 5.87. The summed E-state index contributed by atoms with van der Waals surface area (Å²) in [5.74, 6) is -1.28. The van der Waals surface area contributed by atoms with Gasteiger partial charge in [0.05, 0.1) is 6.04 Å². The molecule has 6 heteroatoms. The van der Waals surface area contributed by atoms with Gasteiger partial charge in [0.25, 0.3) is 0 Å². The third kappa shape index (κ3) is 7.11. The van der Waals surface area contributed by atoms with Crippen molar-refractivity contribution in [3.05, 3.63) is 35.9 Å². The Kier molecular flexibility index (Phi) is 8.66. The fourth-order valence-electron chi connectivity index (χ4n) is 1.93. The molecule has 0 aliphatic rings. The predicted molar refractivity (Wildman–Crippen MR) is 84.4 cm³/mol. The SMILES string of the molecule is CC(C)C[C@@H](NC(=O)[C@H](N)Cc1ccccc1)C(=O)O.Cl. The van der Waals surface area contributed by atoms with Crippen molar-refractivity contribution in [2.24, 2.45) is 11.7 Å². The quantitative estimate of drug-likeness (QED) is 0.712. The van der Waals surface area contributed by atoms with Gasteiger partial charge in [-0.1, -0.05) is 44.2 Å². The Labute approximate surface area is 131 Å². The second-order valence-electron chi connectivity index (χ2n) is 5.33. The fraction of sp³-hybridized carbons (Fsp3) is 0.467. The molecule has 0 unspecified atom stereocenters. The molecule has 21 heavy (non-hydrogen) atoms. The molecule has 0 bridgehead atoms. The van der Waals surface area contributed by atoms with Crippen LogP contribution in [0.4, 0.5) is 0 Å². The number of hydrogen-bond acceptors (Lipinski definition) is 3. The van der Waals surface area contributed by atoms with E-state index in [1.165, 1.54) is 0 Å². The summed E-state index contributed by atoms with van der Waals surface area (Å²) in [6, 6.07) is 7.78. The number of amides is 1. The fourth-order valence-corrected chi connectivity index (χ4v) is 1.93. The van der Waals surface area contributed by atoms with Crippen LogP contribution in [0, 0.1) is 5.92 Å². The smallest absolute Gasteiger partial charge is 0.326 e. The van der Waals surface area contributed by atoms with Gasteiger partial charge < -0.3 is 16.2 Å². The minimum Gasteiger partial charge on any atom is -0.480 e. The van der Waals surface area contributed by atoms with Gasteiger partial charge in [0.1, 0.15) is 6.04 Å². The highest BCUT2D eigenvalue weighted by atomic mass is 35.5. The van der Waals surface area contributed by atoms with E-state index < -0.39 is 24.0 Å². The van der Waals surface area contributed by atoms with Crippen LogP contribution in [0.3, 0.4) is 0 Å². The Morgan fingerprint density at radius 1 is 1.24 bits per heavy atom. The van der Waals surface area contributed by atoms with Gasteiger partial charge in [-0.15, -0.1) is 12.4 Å². The predicted octanol–water partition coefficient (Wildman–Crippen LogP) is 1.59. The van der Waals surface area contributed by atoms with Crippen LogP contribution in [0.2, 0.25) is 0 Å². The second-order valence-corrected chi connectivity index (χ2v) is 5.33. The lowest BCUT2D eigenvalue weighted by molar-refractivity contribution is -0.142. The zero-order valence-corrected chi connectivity index (χ0v) is 13.1. The third-order valence-corrected chi connectivity index (χ3v) is 2.96. The monoisotopic (exact) mass is 314 g/mol. The number of carboxylic acids is 1. The van der Waals surface area contributed by atoms with Gasteiger partial charge in [0.15, 0.2) is 0 Å². The van der Waals surface area contributed by atoms with Crippen LogP contribution in [0.25, 0.3) is 0 Å². The lowest BCUT2D eigenvalue weighted by Gasteiger charge is -2.19. The van der Waals surface area contributed by atoms with Gasteiger partial charge in [-0.25, -0.2) is 4.79 Å². The lowest BCUT2D eigenvalue weighted by atomic mass is 10.0. The zero-order chi connectivity index (χ0) is 15.1. The first-order valence-corrected chi connectivity index (χ1v) is 6.72. The van der Waals surface area contributed by atoms with Crippen LogP contribution < -0.4 is 11.1 Å². The summed E-state index contributed by atoms with van der Waals surface area (Å²) in [6.07, 6.45) is 0.778. The maximum atomic E-state index is 11.9. The molecule has 2 atom stereocenters. The number of halogens is 1. The van der Waals surface area contributed by atoms with Crippen molar-refractivity contribution >= 4 is 24.3 Å². The van der Waals surface area contributed by atoms with Gasteiger partial charge in [0.2, 0.25) is 5.91 Å². The van der Waals surface area contributed by atoms with Crippen molar-refractivity contribution in [2.45, 2.75) is 38.8 Å².